The number of aryl methyl sites for hydroxylation is 1. The molecular weight excluding hydrogens is 254 g/mol. The van der Waals surface area contributed by atoms with Crippen molar-refractivity contribution >= 4 is 17.6 Å². The lowest BCUT2D eigenvalue weighted by Crippen LogP contribution is -2.08. The Morgan fingerprint density at radius 1 is 1.44 bits per heavy atom. The minimum absolute atomic E-state index is 0.217. The number of hydrogen-bond acceptors (Lipinski definition) is 7. The number of ether oxygens (including phenoxy) is 1. The number of aromatic amines is 1. The van der Waals surface area contributed by atoms with E-state index in [4.69, 9.17) is 10.5 Å². The van der Waals surface area contributed by atoms with Gasteiger partial charge in [-0.05, 0) is 18.7 Å². The molecular formula is C10H11N5O2S. The van der Waals surface area contributed by atoms with Gasteiger partial charge < -0.3 is 15.5 Å². The summed E-state index contributed by atoms with van der Waals surface area (Å²) in [5.74, 6) is 0.608. The van der Waals surface area contributed by atoms with E-state index in [1.165, 1.54) is 19.5 Å². The Kier molecular flexibility index (Phi) is 3.47. The maximum absolute atomic E-state index is 11.3. The van der Waals surface area contributed by atoms with Gasteiger partial charge in [-0.2, -0.15) is 0 Å². The molecule has 0 bridgehead atoms. The molecule has 18 heavy (non-hydrogen) atoms. The Hall–Kier alpha value is -2.09. The van der Waals surface area contributed by atoms with Crippen LogP contribution in [0.4, 0.5) is 5.82 Å². The van der Waals surface area contributed by atoms with Crippen molar-refractivity contribution in [2.75, 3.05) is 12.8 Å². The van der Waals surface area contributed by atoms with Crippen LogP contribution < -0.4 is 16.0 Å². The number of H-pyrrole nitrogens is 1. The summed E-state index contributed by atoms with van der Waals surface area (Å²) < 4.78 is 5.12. The molecule has 7 nitrogen and oxygen atoms in total. The topological polar surface area (TPSA) is 107 Å². The van der Waals surface area contributed by atoms with Gasteiger partial charge in [0.25, 0.3) is 5.56 Å². The molecule has 2 heterocycles. The van der Waals surface area contributed by atoms with Crippen LogP contribution in [0.2, 0.25) is 0 Å². The summed E-state index contributed by atoms with van der Waals surface area (Å²) in [7, 11) is 1.48. The molecule has 0 spiro atoms. The highest BCUT2D eigenvalue weighted by atomic mass is 32.2. The minimum Gasteiger partial charge on any atom is -0.490 e. The standard InChI is InChI=1S/C10H11N5O2S/c1-5-3-6(16)15-10(14-5)18-9-7(17-2)8(11)12-4-13-9/h3-4H,1-2H3,(H2,11,12,13)(H,14,15,16). The van der Waals surface area contributed by atoms with Crippen LogP contribution in [0.1, 0.15) is 5.69 Å². The number of hydrogen-bond donors (Lipinski definition) is 2. The molecule has 0 saturated heterocycles. The van der Waals surface area contributed by atoms with Gasteiger partial charge in [0.15, 0.2) is 21.7 Å². The number of methoxy groups -OCH3 is 1. The summed E-state index contributed by atoms with van der Waals surface area (Å²) in [5, 5.41) is 0.926. The van der Waals surface area contributed by atoms with E-state index in [9.17, 15) is 4.79 Å². The maximum Gasteiger partial charge on any atom is 0.251 e. The summed E-state index contributed by atoms with van der Waals surface area (Å²) in [6, 6.07) is 1.41. The van der Waals surface area contributed by atoms with Crippen LogP contribution in [0.5, 0.6) is 5.75 Å². The van der Waals surface area contributed by atoms with E-state index >= 15 is 0 Å². The lowest BCUT2D eigenvalue weighted by molar-refractivity contribution is 0.401. The van der Waals surface area contributed by atoms with E-state index in [1.807, 2.05) is 0 Å². The predicted molar refractivity (Wildman–Crippen MR) is 66.7 cm³/mol. The van der Waals surface area contributed by atoms with E-state index in [1.54, 1.807) is 6.92 Å². The molecule has 0 aliphatic heterocycles. The largest absolute Gasteiger partial charge is 0.490 e. The van der Waals surface area contributed by atoms with Gasteiger partial charge in [-0.15, -0.1) is 0 Å². The van der Waals surface area contributed by atoms with Gasteiger partial charge in [0.2, 0.25) is 0 Å². The highest BCUT2D eigenvalue weighted by Crippen LogP contribution is 2.33. The number of rotatable bonds is 3. The highest BCUT2D eigenvalue weighted by molar-refractivity contribution is 7.99. The molecule has 94 valence electrons. The maximum atomic E-state index is 11.3. The zero-order valence-electron chi connectivity index (χ0n) is 9.80. The van der Waals surface area contributed by atoms with Crippen molar-refractivity contribution in [3.05, 3.63) is 28.4 Å². The number of nitrogen functional groups attached to an aromatic ring is 1. The van der Waals surface area contributed by atoms with Crippen molar-refractivity contribution in [1.29, 1.82) is 0 Å². The molecule has 0 fully saturated rings. The second kappa shape index (κ2) is 5.05. The summed E-state index contributed by atoms with van der Waals surface area (Å²) >= 11 is 1.16. The number of nitrogens with one attached hydrogen (secondary N) is 1. The fourth-order valence-electron chi connectivity index (χ4n) is 1.33. The monoisotopic (exact) mass is 265 g/mol. The predicted octanol–water partition coefficient (Wildman–Crippen LogP) is 0.610. The van der Waals surface area contributed by atoms with Crippen LogP contribution in [0.3, 0.4) is 0 Å². The van der Waals surface area contributed by atoms with Gasteiger partial charge in [0, 0.05) is 11.8 Å². The molecule has 0 aliphatic rings. The van der Waals surface area contributed by atoms with Gasteiger partial charge in [-0.1, -0.05) is 0 Å². The average Bonchev–Trinajstić information content (AvgIpc) is 2.27. The smallest absolute Gasteiger partial charge is 0.251 e. The second-order valence-corrected chi connectivity index (χ2v) is 4.37. The molecule has 0 saturated carbocycles. The van der Waals surface area contributed by atoms with Crippen LogP contribution in [-0.2, 0) is 0 Å². The van der Waals surface area contributed by atoms with Crippen molar-refractivity contribution in [1.82, 2.24) is 19.9 Å². The molecule has 0 aliphatic carbocycles. The first kappa shape index (κ1) is 12.4. The van der Waals surface area contributed by atoms with Gasteiger partial charge >= 0.3 is 0 Å². The summed E-state index contributed by atoms with van der Waals surface area (Å²) in [6.07, 6.45) is 1.33. The van der Waals surface area contributed by atoms with E-state index in [0.29, 0.717) is 21.6 Å². The van der Waals surface area contributed by atoms with Crippen LogP contribution in [-0.4, -0.2) is 27.0 Å². The van der Waals surface area contributed by atoms with Crippen molar-refractivity contribution in [2.24, 2.45) is 0 Å². The molecule has 0 atom stereocenters. The first-order valence-corrected chi connectivity index (χ1v) is 5.82. The highest BCUT2D eigenvalue weighted by Gasteiger charge is 2.12. The first-order valence-electron chi connectivity index (χ1n) is 5.00. The van der Waals surface area contributed by atoms with Gasteiger partial charge in [0.1, 0.15) is 6.33 Å². The van der Waals surface area contributed by atoms with Crippen molar-refractivity contribution in [3.63, 3.8) is 0 Å². The van der Waals surface area contributed by atoms with Crippen molar-refractivity contribution in [3.8, 4) is 5.75 Å². The number of nitrogens with zero attached hydrogens (tertiary/aromatic N) is 3. The molecule has 8 heteroatoms. The van der Waals surface area contributed by atoms with Gasteiger partial charge in [-0.25, -0.2) is 15.0 Å². The van der Waals surface area contributed by atoms with Crippen molar-refractivity contribution < 1.29 is 4.74 Å². The molecule has 0 aromatic carbocycles. The van der Waals surface area contributed by atoms with E-state index in [-0.39, 0.29) is 11.4 Å². The third kappa shape index (κ3) is 2.59. The lowest BCUT2D eigenvalue weighted by Gasteiger charge is -2.07. The van der Waals surface area contributed by atoms with Gasteiger partial charge in [0.05, 0.1) is 7.11 Å². The first-order chi connectivity index (χ1) is 8.60. The molecule has 2 aromatic heterocycles. The molecule has 0 amide bonds. The Morgan fingerprint density at radius 3 is 2.89 bits per heavy atom. The summed E-state index contributed by atoms with van der Waals surface area (Å²) in [4.78, 5) is 26.0. The Bertz CT molecular complexity index is 628. The molecule has 0 unspecified atom stereocenters. The van der Waals surface area contributed by atoms with Crippen molar-refractivity contribution in [2.45, 2.75) is 17.1 Å². The number of anilines is 1. The minimum atomic E-state index is -0.217. The Morgan fingerprint density at radius 2 is 2.22 bits per heavy atom. The van der Waals surface area contributed by atoms with Gasteiger partial charge in [-0.3, -0.25) is 4.79 Å². The average molecular weight is 265 g/mol. The number of aromatic nitrogens is 4. The summed E-state index contributed by atoms with van der Waals surface area (Å²) in [5.41, 5.74) is 6.07. The molecule has 2 aromatic rings. The van der Waals surface area contributed by atoms with E-state index in [2.05, 4.69) is 19.9 Å². The zero-order valence-corrected chi connectivity index (χ0v) is 10.6. The zero-order chi connectivity index (χ0) is 13.1. The molecule has 3 N–H and O–H groups in total. The van der Waals surface area contributed by atoms with Crippen LogP contribution in [0.25, 0.3) is 0 Å². The van der Waals surface area contributed by atoms with Crippen LogP contribution in [0, 0.1) is 6.92 Å². The van der Waals surface area contributed by atoms with Crippen LogP contribution in [0.15, 0.2) is 27.4 Å². The fourth-order valence-corrected chi connectivity index (χ4v) is 2.23. The third-order valence-corrected chi connectivity index (χ3v) is 2.92. The molecule has 0 radical (unpaired) electrons. The second-order valence-electron chi connectivity index (χ2n) is 3.39. The van der Waals surface area contributed by atoms with E-state index < -0.39 is 0 Å². The number of nitrogens with two attached hydrogens (primary N) is 1. The SMILES string of the molecule is COc1c(N)ncnc1Sc1nc(C)cc(=O)[nH]1. The summed E-state index contributed by atoms with van der Waals surface area (Å²) in [6.45, 7) is 1.74. The van der Waals surface area contributed by atoms with Crippen LogP contribution >= 0.6 is 11.8 Å². The Labute approximate surface area is 107 Å². The lowest BCUT2D eigenvalue weighted by atomic mass is 10.5. The van der Waals surface area contributed by atoms with E-state index in [0.717, 1.165) is 11.8 Å². The quantitative estimate of drug-likeness (QED) is 0.618. The molecule has 2 rings (SSSR count). The third-order valence-electron chi connectivity index (χ3n) is 2.04. The fraction of sp³-hybridized carbons (Fsp3) is 0.200. The normalized spacial score (nSPS) is 10.3. The Balaban J connectivity index is 2.39.